The molecule has 1 aromatic heterocycles. The highest BCUT2D eigenvalue weighted by Gasteiger charge is 2.61. The first kappa shape index (κ1) is 27.6. The largest absolute Gasteiger partial charge is 0.481 e. The molecule has 39 heavy (non-hydrogen) atoms. The number of carboxylic acids is 1. The van der Waals surface area contributed by atoms with Crippen LogP contribution in [0.4, 0.5) is 13.2 Å². The van der Waals surface area contributed by atoms with Crippen molar-refractivity contribution in [3.8, 4) is 0 Å². The first-order chi connectivity index (χ1) is 18.4. The third-order valence-electron chi connectivity index (χ3n) is 7.33. The Kier molecular flexibility index (Phi) is 7.20. The second-order valence-electron chi connectivity index (χ2n) is 9.88. The van der Waals surface area contributed by atoms with E-state index in [1.165, 1.54) is 34.4 Å². The third-order valence-corrected chi connectivity index (χ3v) is 8.50. The highest BCUT2D eigenvalue weighted by Crippen LogP contribution is 2.50. The van der Waals surface area contributed by atoms with Gasteiger partial charge in [-0.1, -0.05) is 23.7 Å². The third kappa shape index (κ3) is 5.15. The minimum absolute atomic E-state index is 0.0422. The topological polar surface area (TPSA) is 124 Å². The van der Waals surface area contributed by atoms with E-state index >= 15 is 8.78 Å². The number of thiazole rings is 1. The van der Waals surface area contributed by atoms with Crippen molar-refractivity contribution in [3.05, 3.63) is 62.5 Å². The number of halogens is 4. The van der Waals surface area contributed by atoms with E-state index in [2.05, 4.69) is 15.3 Å². The Balaban J connectivity index is 1.61. The lowest BCUT2D eigenvalue weighted by Crippen LogP contribution is -2.55. The molecule has 0 aliphatic carbocycles. The van der Waals surface area contributed by atoms with Gasteiger partial charge in [-0.2, -0.15) is 0 Å². The van der Waals surface area contributed by atoms with Crippen molar-refractivity contribution < 1.29 is 37.7 Å². The highest BCUT2D eigenvalue weighted by atomic mass is 35.5. The molecule has 3 aliphatic heterocycles. The maximum absolute atomic E-state index is 15.1. The normalized spacial score (nSPS) is 28.2. The number of hydrogen-bond acceptors (Lipinski definition) is 9. The minimum atomic E-state index is -3.21. The van der Waals surface area contributed by atoms with Crippen LogP contribution in [-0.4, -0.2) is 75.1 Å². The highest BCUT2D eigenvalue weighted by molar-refractivity contribution is 7.11. The van der Waals surface area contributed by atoms with Gasteiger partial charge in [0, 0.05) is 36.1 Å². The summed E-state index contributed by atoms with van der Waals surface area (Å²) in [4.78, 5) is 34.7. The zero-order valence-corrected chi connectivity index (χ0v) is 22.1. The summed E-state index contributed by atoms with van der Waals surface area (Å²) < 4.78 is 49.7. The van der Waals surface area contributed by atoms with E-state index < -0.39 is 66.7 Å². The number of rotatable bonds is 7. The van der Waals surface area contributed by atoms with Gasteiger partial charge >= 0.3 is 11.9 Å². The number of fused-ring (bicyclic) bond motifs is 2. The number of aromatic nitrogens is 1. The van der Waals surface area contributed by atoms with E-state index in [9.17, 15) is 24.2 Å². The van der Waals surface area contributed by atoms with E-state index in [0.29, 0.717) is 5.01 Å². The van der Waals surface area contributed by atoms with E-state index in [1.807, 2.05) is 0 Å². The molecule has 2 fully saturated rings. The van der Waals surface area contributed by atoms with Crippen LogP contribution >= 0.6 is 22.9 Å². The summed E-state index contributed by atoms with van der Waals surface area (Å²) >= 11 is 7.53. The van der Waals surface area contributed by atoms with Crippen LogP contribution in [0.5, 0.6) is 0 Å². The summed E-state index contributed by atoms with van der Waals surface area (Å²) in [6, 6.07) is 0.712. The van der Waals surface area contributed by atoms with Crippen LogP contribution in [0, 0.1) is 5.82 Å². The zero-order valence-electron chi connectivity index (χ0n) is 20.5. The Bertz CT molecular complexity index is 1370. The fourth-order valence-electron chi connectivity index (χ4n) is 5.74. The van der Waals surface area contributed by atoms with Gasteiger partial charge in [-0.15, -0.1) is 11.3 Å². The number of carbonyl (C=O) groups excluding carboxylic acids is 1. The Morgan fingerprint density at radius 1 is 1.31 bits per heavy atom. The number of piperidine rings is 1. The van der Waals surface area contributed by atoms with Crippen molar-refractivity contribution in [1.29, 1.82) is 0 Å². The Morgan fingerprint density at radius 3 is 2.72 bits per heavy atom. The number of amidine groups is 1. The minimum Gasteiger partial charge on any atom is -0.481 e. The molecule has 2 saturated heterocycles. The molecule has 0 spiro atoms. The van der Waals surface area contributed by atoms with E-state index in [4.69, 9.17) is 16.3 Å². The maximum Gasteiger partial charge on any atom is 0.338 e. The number of methoxy groups -OCH3 is 1. The predicted octanol–water partition coefficient (Wildman–Crippen LogP) is 3.53. The summed E-state index contributed by atoms with van der Waals surface area (Å²) in [5.41, 5.74) is -1.54. The van der Waals surface area contributed by atoms with Gasteiger partial charge in [0.2, 0.25) is 0 Å². The van der Waals surface area contributed by atoms with E-state index in [0.717, 1.165) is 7.11 Å². The number of hydrogen-bond donors (Lipinski definition) is 3. The molecule has 0 saturated carbocycles. The van der Waals surface area contributed by atoms with Crippen molar-refractivity contribution in [1.82, 2.24) is 15.2 Å². The average Bonchev–Trinajstić information content (AvgIpc) is 3.45. The molecule has 0 amide bonds. The molecule has 5 rings (SSSR count). The molecule has 4 heterocycles. The molecular formula is C25H24ClF3N4O5S. The second kappa shape index (κ2) is 10.2. The fourth-order valence-corrected chi connectivity index (χ4v) is 6.56. The van der Waals surface area contributed by atoms with Gasteiger partial charge in [0.05, 0.1) is 47.5 Å². The maximum atomic E-state index is 15.1. The molecule has 3 aliphatic rings. The van der Waals surface area contributed by atoms with Crippen LogP contribution in [0.25, 0.3) is 0 Å². The molecule has 14 heteroatoms. The smallest absolute Gasteiger partial charge is 0.338 e. The van der Waals surface area contributed by atoms with E-state index in [1.54, 1.807) is 11.6 Å². The van der Waals surface area contributed by atoms with Crippen LogP contribution in [0.15, 0.2) is 46.0 Å². The molecule has 208 valence electrons. The molecule has 9 nitrogen and oxygen atoms in total. The van der Waals surface area contributed by atoms with Gasteiger partial charge < -0.3 is 20.3 Å². The summed E-state index contributed by atoms with van der Waals surface area (Å²) in [5, 5.41) is 25.1. The first-order valence-electron chi connectivity index (χ1n) is 12.0. The van der Waals surface area contributed by atoms with Gasteiger partial charge in [-0.3, -0.25) is 9.69 Å². The standard InChI is InChI=1S/C25H24ClF3N4O5S/c1-38-23(36)18-15(11-33-12-7-24(37,10-17(34)35)9-16(33)25(28,29)8-12)31-21(22-30-5-6-39-22)32-20(18)13-3-2-4-14(27)19(13)26/h2-6,12,16,20,37H,7-11H2,1H3,(H,31,32)(H,34,35)/t12?,16?,20-,24+/m0/s1. The SMILES string of the molecule is COC(=O)C1=C(CN2C3CC(F)(F)C2C[C@@](O)(CC(=O)O)C3)N=C(c2nccs2)N[C@H]1c1cccc(F)c1Cl. The molecule has 2 bridgehead atoms. The van der Waals surface area contributed by atoms with Gasteiger partial charge in [-0.25, -0.2) is 27.9 Å². The van der Waals surface area contributed by atoms with Crippen molar-refractivity contribution in [3.63, 3.8) is 0 Å². The number of alkyl halides is 2. The fraction of sp³-hybridized carbons (Fsp3) is 0.440. The summed E-state index contributed by atoms with van der Waals surface area (Å²) in [6.07, 6.45) is -0.351. The number of aliphatic hydroxyl groups is 1. The first-order valence-corrected chi connectivity index (χ1v) is 13.3. The summed E-state index contributed by atoms with van der Waals surface area (Å²) in [6.45, 7) is -0.238. The van der Waals surface area contributed by atoms with E-state index in [-0.39, 0.29) is 40.7 Å². The number of esters is 1. The number of benzene rings is 1. The lowest BCUT2D eigenvalue weighted by atomic mass is 9.83. The van der Waals surface area contributed by atoms with Crippen LogP contribution in [-0.2, 0) is 14.3 Å². The number of nitrogens with one attached hydrogen (secondary N) is 1. The molecule has 3 N–H and O–H groups in total. The van der Waals surface area contributed by atoms with Crippen LogP contribution in [0.3, 0.4) is 0 Å². The Labute approximate surface area is 230 Å². The lowest BCUT2D eigenvalue weighted by molar-refractivity contribution is -0.148. The lowest BCUT2D eigenvalue weighted by Gasteiger charge is -2.43. The number of carbonyl (C=O) groups is 2. The van der Waals surface area contributed by atoms with Gasteiger partial charge in [0.15, 0.2) is 10.8 Å². The molecule has 1 aromatic carbocycles. The summed E-state index contributed by atoms with van der Waals surface area (Å²) in [7, 11) is 1.15. The number of carboxylic acid groups (broad SMARTS) is 1. The van der Waals surface area contributed by atoms with Crippen LogP contribution in [0.2, 0.25) is 5.02 Å². The van der Waals surface area contributed by atoms with Crippen molar-refractivity contribution in [2.45, 2.75) is 55.3 Å². The Hall–Kier alpha value is -3.00. The second-order valence-corrected chi connectivity index (χ2v) is 11.2. The van der Waals surface area contributed by atoms with Crippen molar-refractivity contribution >= 4 is 40.7 Å². The number of aliphatic carboxylic acids is 1. The number of aliphatic imine (C=N–C) groups is 1. The Morgan fingerprint density at radius 2 is 2.08 bits per heavy atom. The zero-order chi connectivity index (χ0) is 28.1. The van der Waals surface area contributed by atoms with Gasteiger partial charge in [0.25, 0.3) is 5.92 Å². The quantitative estimate of drug-likeness (QED) is 0.422. The number of ether oxygens (including phenoxy) is 1. The van der Waals surface area contributed by atoms with Gasteiger partial charge in [0.1, 0.15) is 5.82 Å². The summed E-state index contributed by atoms with van der Waals surface area (Å²) in [5.74, 6) is -5.79. The monoisotopic (exact) mass is 584 g/mol. The average molecular weight is 585 g/mol. The van der Waals surface area contributed by atoms with Crippen molar-refractivity contribution in [2.24, 2.45) is 4.99 Å². The van der Waals surface area contributed by atoms with Crippen molar-refractivity contribution in [2.75, 3.05) is 13.7 Å². The predicted molar refractivity (Wildman–Crippen MR) is 135 cm³/mol. The molecule has 2 unspecified atom stereocenters. The van der Waals surface area contributed by atoms with Crippen LogP contribution < -0.4 is 5.32 Å². The molecule has 4 atom stereocenters. The van der Waals surface area contributed by atoms with Crippen LogP contribution in [0.1, 0.15) is 42.3 Å². The molecule has 0 radical (unpaired) electrons. The molecular weight excluding hydrogens is 561 g/mol. The van der Waals surface area contributed by atoms with Gasteiger partial charge in [-0.05, 0) is 18.9 Å². The number of nitrogens with zero attached hydrogens (tertiary/aromatic N) is 3. The molecule has 2 aromatic rings.